The van der Waals surface area contributed by atoms with Gasteiger partial charge in [-0.05, 0) is 0 Å². The van der Waals surface area contributed by atoms with Gasteiger partial charge in [0.2, 0.25) is 0 Å². The summed E-state index contributed by atoms with van der Waals surface area (Å²) in [6.07, 6.45) is 9.28. The van der Waals surface area contributed by atoms with Crippen LogP contribution in [0.5, 0.6) is 0 Å². The molecule has 1 aliphatic heterocycles. The van der Waals surface area contributed by atoms with Gasteiger partial charge in [0.05, 0.1) is 0 Å². The van der Waals surface area contributed by atoms with E-state index >= 15 is 0 Å². The molecule has 6 aromatic rings. The van der Waals surface area contributed by atoms with Crippen molar-refractivity contribution in [1.29, 1.82) is 0 Å². The molecule has 0 N–H and O–H groups in total. The summed E-state index contributed by atoms with van der Waals surface area (Å²) in [7, 11) is 11.8. The van der Waals surface area contributed by atoms with Crippen LogP contribution in [0.2, 0.25) is 78.6 Å². The zero-order valence-corrected chi connectivity index (χ0v) is 59.8. The van der Waals surface area contributed by atoms with Crippen molar-refractivity contribution in [1.82, 2.24) is 0 Å². The molecule has 8 heteroatoms. The Morgan fingerprint density at radius 3 is 1.22 bits per heavy atom. The summed E-state index contributed by atoms with van der Waals surface area (Å²) in [6, 6.07) is 42.1. The first kappa shape index (κ1) is 58.0. The predicted octanol–water partition coefficient (Wildman–Crippen LogP) is 16.4. The van der Waals surface area contributed by atoms with Crippen LogP contribution in [0.15, 0.2) is 114 Å². The van der Waals surface area contributed by atoms with Crippen molar-refractivity contribution in [2.75, 3.05) is 0 Å². The van der Waals surface area contributed by atoms with Crippen molar-refractivity contribution in [3.8, 4) is 33.4 Å². The normalized spacial score (nSPS) is 17.7. The van der Waals surface area contributed by atoms with Gasteiger partial charge in [-0.2, -0.15) is 0 Å². The number of hydrogen-bond acceptors (Lipinski definition) is 0. The van der Waals surface area contributed by atoms with Crippen molar-refractivity contribution >= 4 is 105 Å². The Hall–Kier alpha value is -2.65. The molecule has 9 rings (SSSR count). The third-order valence-corrected chi connectivity index (χ3v) is 48.5. The van der Waals surface area contributed by atoms with Crippen LogP contribution in [-0.4, -0.2) is 41.8 Å². The molecule has 0 fully saturated rings. The molecule has 76 heavy (non-hydrogen) atoms. The molecule has 2 aliphatic carbocycles. The summed E-state index contributed by atoms with van der Waals surface area (Å²) in [5, 5.41) is 9.20. The number of benzene rings is 6. The van der Waals surface area contributed by atoms with E-state index in [1.54, 1.807) is 20.7 Å². The van der Waals surface area contributed by atoms with Gasteiger partial charge in [0.15, 0.2) is 0 Å². The first-order valence-corrected chi connectivity index (χ1v) is 54.8. The Morgan fingerprint density at radius 2 is 0.855 bits per heavy atom. The number of halogens is 2. The molecule has 2 atom stereocenters. The molecule has 0 aromatic heterocycles. The van der Waals surface area contributed by atoms with Crippen LogP contribution in [-0.2, 0) is 27.2 Å². The molecule has 1 heterocycles. The number of rotatable bonds is 13. The van der Waals surface area contributed by atoms with Crippen LogP contribution in [0.4, 0.5) is 0 Å². The molecule has 0 saturated heterocycles. The SMILES string of the molecule is CCCC1=Cc2c(ccc(C(C)(C)C)c2-c2cc([Si](C)(C)C)cc([Si](C)(C)C)c2)[CH]1[Zr]([Cl])([Cl])([c]1cccc2c1[SiH2]c1ccccc1-2)[CH]1C(CCC)=Cc2c1ccc(C(C)(C)C)c2-c1cc([Si](C)(C)C)cc([Si](C)(C)C)c1. The van der Waals surface area contributed by atoms with Crippen LogP contribution in [0, 0.1) is 0 Å². The zero-order chi connectivity index (χ0) is 55.7. The molecule has 6 aromatic carbocycles. The molecular weight excluding hydrogens is 1120 g/mol. The van der Waals surface area contributed by atoms with E-state index in [0.29, 0.717) is 0 Å². The molecule has 0 amide bonds. The predicted molar refractivity (Wildman–Crippen MR) is 355 cm³/mol. The van der Waals surface area contributed by atoms with E-state index in [0.717, 1.165) is 25.7 Å². The molecular formula is C68H91Cl2Si5Zr. The van der Waals surface area contributed by atoms with Gasteiger partial charge in [0.1, 0.15) is 0 Å². The van der Waals surface area contributed by atoms with Crippen LogP contribution in [0.25, 0.3) is 45.5 Å². The first-order chi connectivity index (χ1) is 35.1. The van der Waals surface area contributed by atoms with Crippen LogP contribution < -0.4 is 34.4 Å². The fourth-order valence-electron chi connectivity index (χ4n) is 13.5. The molecule has 0 nitrogen and oxygen atoms in total. The zero-order valence-electron chi connectivity index (χ0n) is 50.4. The van der Waals surface area contributed by atoms with E-state index in [9.17, 15) is 17.0 Å². The fraction of sp³-hybridized carbons (Fsp3) is 0.412. The van der Waals surface area contributed by atoms with E-state index < -0.39 is 58.2 Å². The Kier molecular flexibility index (Phi) is 15.1. The summed E-state index contributed by atoms with van der Waals surface area (Å²) >= 11 is -5.87. The Labute approximate surface area is 476 Å². The van der Waals surface area contributed by atoms with Crippen molar-refractivity contribution in [3.05, 3.63) is 148 Å². The average Bonchev–Trinajstić information content (AvgIpc) is 4.05. The van der Waals surface area contributed by atoms with Gasteiger partial charge in [-0.25, -0.2) is 0 Å². The van der Waals surface area contributed by atoms with Crippen LogP contribution in [0.1, 0.15) is 122 Å². The van der Waals surface area contributed by atoms with Gasteiger partial charge in [0, 0.05) is 0 Å². The summed E-state index contributed by atoms with van der Waals surface area (Å²) < 4.78 is 1.09. The van der Waals surface area contributed by atoms with Crippen molar-refractivity contribution in [3.63, 3.8) is 0 Å². The van der Waals surface area contributed by atoms with Crippen LogP contribution in [0.3, 0.4) is 0 Å². The average molecular weight is 1210 g/mol. The van der Waals surface area contributed by atoms with Crippen LogP contribution >= 0.6 is 17.0 Å². The summed E-state index contributed by atoms with van der Waals surface area (Å²) in [4.78, 5) is 0. The van der Waals surface area contributed by atoms with E-state index in [2.05, 4.69) is 249 Å². The van der Waals surface area contributed by atoms with Gasteiger partial charge in [-0.3, -0.25) is 0 Å². The van der Waals surface area contributed by atoms with Crippen molar-refractivity contribution in [2.24, 2.45) is 0 Å². The Bertz CT molecular complexity index is 3130. The standard InChI is InChI=1S/2C28H41Si2.C12H9Si.2ClH.Zr/c2*1-11-12-20-15-21-13-14-26(28(2,3)4)27(25(21)16-20)22-17-23(29(5,6)7)19-24(18-22)30(8,9)10;1-3-7-11-9(5-1)10-6-2-4-8-12(10)13-11;;;/h2*13-19H,11-12H2,1-10H3;1-7H,13H2;2*1H;/q;;;;;+2/p-2. The maximum atomic E-state index is 9.81. The van der Waals surface area contributed by atoms with Gasteiger partial charge in [0.25, 0.3) is 0 Å². The monoisotopic (exact) mass is 1210 g/mol. The van der Waals surface area contributed by atoms with Crippen molar-refractivity contribution in [2.45, 2.75) is 178 Å². The van der Waals surface area contributed by atoms with E-state index in [4.69, 9.17) is 0 Å². The van der Waals surface area contributed by atoms with Gasteiger partial charge >= 0.3 is 481 Å². The second-order valence-electron chi connectivity index (χ2n) is 29.7. The van der Waals surface area contributed by atoms with Gasteiger partial charge in [-0.1, -0.05) is 0 Å². The number of fused-ring (bicyclic) bond motifs is 5. The number of hydrogen-bond donors (Lipinski definition) is 0. The van der Waals surface area contributed by atoms with E-state index in [1.165, 1.54) is 91.6 Å². The quantitative estimate of drug-likeness (QED) is 0.101. The van der Waals surface area contributed by atoms with E-state index in [-0.39, 0.29) is 18.1 Å². The third kappa shape index (κ3) is 10.2. The second kappa shape index (κ2) is 19.8. The minimum absolute atomic E-state index is 0.0992. The number of allylic oxidation sites excluding steroid dienone is 2. The molecule has 0 radical (unpaired) electrons. The summed E-state index contributed by atoms with van der Waals surface area (Å²) in [6.45, 7) is 49.5. The Morgan fingerprint density at radius 1 is 0.474 bits per heavy atom. The van der Waals surface area contributed by atoms with Crippen molar-refractivity contribution < 1.29 is 16.4 Å². The fourth-order valence-corrected chi connectivity index (χ4v) is 46.5. The molecule has 3 aliphatic rings. The molecule has 0 saturated carbocycles. The summed E-state index contributed by atoms with van der Waals surface area (Å²) in [5.74, 6) is 0. The maximum absolute atomic E-state index is 9.81. The van der Waals surface area contributed by atoms with E-state index in [1.807, 2.05) is 0 Å². The molecule has 0 spiro atoms. The Balaban J connectivity index is 1.44. The molecule has 401 valence electrons. The second-order valence-corrected chi connectivity index (χ2v) is 72.4. The first-order valence-electron chi connectivity index (χ1n) is 28.9. The minimum atomic E-state index is -5.87. The van der Waals surface area contributed by atoms with Gasteiger partial charge < -0.3 is 0 Å². The third-order valence-electron chi connectivity index (χ3n) is 17.6. The molecule has 2 unspecified atom stereocenters. The summed E-state index contributed by atoms with van der Waals surface area (Å²) in [5.41, 5.74) is 19.3. The van der Waals surface area contributed by atoms with Gasteiger partial charge in [-0.15, -0.1) is 0 Å². The topological polar surface area (TPSA) is 0 Å². The molecule has 0 bridgehead atoms.